The molecule has 2 rings (SSSR count). The van der Waals surface area contributed by atoms with Crippen molar-refractivity contribution in [3.63, 3.8) is 0 Å². The molecule has 110 valence electrons. The van der Waals surface area contributed by atoms with Gasteiger partial charge in [0.1, 0.15) is 23.7 Å². The molecule has 0 amide bonds. The fourth-order valence-corrected chi connectivity index (χ4v) is 2.03. The van der Waals surface area contributed by atoms with E-state index in [1.165, 1.54) is 7.11 Å². The Morgan fingerprint density at radius 1 is 1.14 bits per heavy atom. The summed E-state index contributed by atoms with van der Waals surface area (Å²) >= 11 is 5.93. The maximum Gasteiger partial charge on any atom is 0.341 e. The van der Waals surface area contributed by atoms with E-state index in [2.05, 4.69) is 0 Å². The molecular weight excluding hydrogens is 292 g/mol. The summed E-state index contributed by atoms with van der Waals surface area (Å²) in [5.74, 6) is 0.545. The number of rotatable bonds is 5. The van der Waals surface area contributed by atoms with E-state index >= 15 is 0 Å². The second-order valence-corrected chi connectivity index (χ2v) is 4.71. The van der Waals surface area contributed by atoms with Gasteiger partial charge in [0.25, 0.3) is 0 Å². The van der Waals surface area contributed by atoms with E-state index in [0.717, 1.165) is 5.56 Å². The lowest BCUT2D eigenvalue weighted by atomic mass is 10.2. The molecule has 0 saturated heterocycles. The normalized spacial score (nSPS) is 10.0. The molecule has 4 nitrogen and oxygen atoms in total. The van der Waals surface area contributed by atoms with Crippen molar-refractivity contribution < 1.29 is 19.0 Å². The number of carbonyl (C=O) groups excluding carboxylic acids is 1. The van der Waals surface area contributed by atoms with Gasteiger partial charge in [0.05, 0.1) is 14.2 Å². The molecule has 2 aromatic carbocycles. The number of hydrogen-bond donors (Lipinski definition) is 0. The molecule has 21 heavy (non-hydrogen) atoms. The maximum atomic E-state index is 11.7. The topological polar surface area (TPSA) is 44.8 Å². The van der Waals surface area contributed by atoms with E-state index in [-0.39, 0.29) is 6.61 Å². The molecule has 2 aromatic rings. The predicted molar refractivity (Wildman–Crippen MR) is 80.1 cm³/mol. The standard InChI is InChI=1S/C16H15ClO4/c1-19-13-6-7-14(16(18)20-2)15(9-13)21-10-11-4-3-5-12(17)8-11/h3-9H,10H2,1-2H3. The summed E-state index contributed by atoms with van der Waals surface area (Å²) in [5, 5.41) is 0.634. The Hall–Kier alpha value is -2.20. The van der Waals surface area contributed by atoms with Crippen LogP contribution in [0.2, 0.25) is 5.02 Å². The Bertz CT molecular complexity index is 640. The highest BCUT2D eigenvalue weighted by Crippen LogP contribution is 2.26. The summed E-state index contributed by atoms with van der Waals surface area (Å²) in [5.41, 5.74) is 1.25. The van der Waals surface area contributed by atoms with Crippen LogP contribution in [0.3, 0.4) is 0 Å². The highest BCUT2D eigenvalue weighted by atomic mass is 35.5. The second-order valence-electron chi connectivity index (χ2n) is 4.27. The first kappa shape index (κ1) is 15.2. The van der Waals surface area contributed by atoms with Crippen molar-refractivity contribution >= 4 is 17.6 Å². The summed E-state index contributed by atoms with van der Waals surface area (Å²) < 4.78 is 15.6. The van der Waals surface area contributed by atoms with Crippen molar-refractivity contribution in [2.45, 2.75) is 6.61 Å². The Labute approximate surface area is 128 Å². The molecule has 0 aliphatic carbocycles. The van der Waals surface area contributed by atoms with Crippen LogP contribution in [0, 0.1) is 0 Å². The van der Waals surface area contributed by atoms with Crippen LogP contribution in [0.1, 0.15) is 15.9 Å². The van der Waals surface area contributed by atoms with Gasteiger partial charge in [0.15, 0.2) is 0 Å². The third-order valence-electron chi connectivity index (χ3n) is 2.88. The van der Waals surface area contributed by atoms with E-state index < -0.39 is 5.97 Å². The minimum Gasteiger partial charge on any atom is -0.497 e. The predicted octanol–water partition coefficient (Wildman–Crippen LogP) is 3.71. The largest absolute Gasteiger partial charge is 0.497 e. The van der Waals surface area contributed by atoms with Crippen molar-refractivity contribution in [3.05, 3.63) is 58.6 Å². The first-order chi connectivity index (χ1) is 10.1. The molecule has 0 heterocycles. The number of methoxy groups -OCH3 is 2. The summed E-state index contributed by atoms with van der Waals surface area (Å²) in [4.78, 5) is 11.7. The van der Waals surface area contributed by atoms with Gasteiger partial charge in [0, 0.05) is 11.1 Å². The van der Waals surface area contributed by atoms with E-state index in [9.17, 15) is 4.79 Å². The molecule has 0 radical (unpaired) electrons. The van der Waals surface area contributed by atoms with Crippen LogP contribution in [0.4, 0.5) is 0 Å². The third-order valence-corrected chi connectivity index (χ3v) is 3.11. The number of esters is 1. The first-order valence-electron chi connectivity index (χ1n) is 6.27. The zero-order valence-corrected chi connectivity index (χ0v) is 12.5. The minimum atomic E-state index is -0.459. The monoisotopic (exact) mass is 306 g/mol. The highest BCUT2D eigenvalue weighted by Gasteiger charge is 2.14. The Morgan fingerprint density at radius 3 is 2.62 bits per heavy atom. The Balaban J connectivity index is 2.22. The van der Waals surface area contributed by atoms with E-state index in [1.54, 1.807) is 37.4 Å². The van der Waals surface area contributed by atoms with Crippen molar-refractivity contribution in [3.8, 4) is 11.5 Å². The fourth-order valence-electron chi connectivity index (χ4n) is 1.82. The van der Waals surface area contributed by atoms with E-state index in [4.69, 9.17) is 25.8 Å². The van der Waals surface area contributed by atoms with Crippen molar-refractivity contribution in [2.24, 2.45) is 0 Å². The third kappa shape index (κ3) is 3.89. The molecule has 0 aliphatic heterocycles. The summed E-state index contributed by atoms with van der Waals surface area (Å²) in [6.45, 7) is 0.289. The van der Waals surface area contributed by atoms with Gasteiger partial charge in [-0.1, -0.05) is 23.7 Å². The molecule has 0 bridgehead atoms. The quantitative estimate of drug-likeness (QED) is 0.790. The van der Waals surface area contributed by atoms with Crippen LogP contribution in [0.5, 0.6) is 11.5 Å². The van der Waals surface area contributed by atoms with Crippen LogP contribution in [-0.4, -0.2) is 20.2 Å². The van der Waals surface area contributed by atoms with Gasteiger partial charge in [-0.3, -0.25) is 0 Å². The molecule has 0 spiro atoms. The first-order valence-corrected chi connectivity index (χ1v) is 6.65. The van der Waals surface area contributed by atoms with Crippen molar-refractivity contribution in [2.75, 3.05) is 14.2 Å². The molecule has 5 heteroatoms. The minimum absolute atomic E-state index is 0.289. The molecule has 0 aliphatic rings. The molecule has 0 aromatic heterocycles. The van der Waals surface area contributed by atoms with Gasteiger partial charge >= 0.3 is 5.97 Å². The lowest BCUT2D eigenvalue weighted by Gasteiger charge is -2.12. The molecule has 0 saturated carbocycles. The summed E-state index contributed by atoms with van der Waals surface area (Å²) in [7, 11) is 2.88. The van der Waals surface area contributed by atoms with E-state index in [0.29, 0.717) is 22.1 Å². The molecule has 0 atom stereocenters. The smallest absolute Gasteiger partial charge is 0.341 e. The summed E-state index contributed by atoms with van der Waals surface area (Å²) in [6.07, 6.45) is 0. The maximum absolute atomic E-state index is 11.7. The number of halogens is 1. The lowest BCUT2D eigenvalue weighted by molar-refractivity contribution is 0.0595. The molecule has 0 unspecified atom stereocenters. The average Bonchev–Trinajstić information content (AvgIpc) is 2.52. The van der Waals surface area contributed by atoms with Crippen LogP contribution >= 0.6 is 11.6 Å². The Kier molecular flexibility index (Phi) is 5.06. The zero-order valence-electron chi connectivity index (χ0n) is 11.8. The van der Waals surface area contributed by atoms with Crippen LogP contribution in [-0.2, 0) is 11.3 Å². The Morgan fingerprint density at radius 2 is 1.95 bits per heavy atom. The number of hydrogen-bond acceptors (Lipinski definition) is 4. The van der Waals surface area contributed by atoms with E-state index in [1.807, 2.05) is 12.1 Å². The van der Waals surface area contributed by atoms with Crippen LogP contribution in [0.25, 0.3) is 0 Å². The van der Waals surface area contributed by atoms with Crippen LogP contribution in [0.15, 0.2) is 42.5 Å². The summed E-state index contributed by atoms with van der Waals surface area (Å²) in [6, 6.07) is 12.3. The van der Waals surface area contributed by atoms with Gasteiger partial charge in [-0.2, -0.15) is 0 Å². The average molecular weight is 307 g/mol. The van der Waals surface area contributed by atoms with Crippen molar-refractivity contribution in [1.82, 2.24) is 0 Å². The highest BCUT2D eigenvalue weighted by molar-refractivity contribution is 6.30. The van der Waals surface area contributed by atoms with Gasteiger partial charge in [-0.05, 0) is 29.8 Å². The van der Waals surface area contributed by atoms with Gasteiger partial charge in [-0.15, -0.1) is 0 Å². The van der Waals surface area contributed by atoms with Crippen molar-refractivity contribution in [1.29, 1.82) is 0 Å². The number of ether oxygens (including phenoxy) is 3. The second kappa shape index (κ2) is 6.99. The van der Waals surface area contributed by atoms with Crippen LogP contribution < -0.4 is 9.47 Å². The fraction of sp³-hybridized carbons (Fsp3) is 0.188. The van der Waals surface area contributed by atoms with Gasteiger partial charge in [-0.25, -0.2) is 4.79 Å². The molecule has 0 fully saturated rings. The molecular formula is C16H15ClO4. The van der Waals surface area contributed by atoms with Gasteiger partial charge in [0.2, 0.25) is 0 Å². The zero-order chi connectivity index (χ0) is 15.2. The SMILES string of the molecule is COC(=O)c1ccc(OC)cc1OCc1cccc(Cl)c1. The lowest BCUT2D eigenvalue weighted by Crippen LogP contribution is -2.06. The number of carbonyl (C=O) groups is 1. The van der Waals surface area contributed by atoms with Gasteiger partial charge < -0.3 is 14.2 Å². The number of benzene rings is 2. The molecule has 0 N–H and O–H groups in total.